The Labute approximate surface area is 91.3 Å². The summed E-state index contributed by atoms with van der Waals surface area (Å²) in [6.45, 7) is 8.60. The average Bonchev–Trinajstić information content (AvgIpc) is 2.17. The quantitative estimate of drug-likeness (QED) is 0.691. The molecule has 0 aliphatic carbocycles. The number of anilines is 3. The zero-order valence-electron chi connectivity index (χ0n) is 9.67. The molecule has 3 nitrogen and oxygen atoms in total. The van der Waals surface area contributed by atoms with Gasteiger partial charge >= 0.3 is 0 Å². The first-order chi connectivity index (χ1) is 7.03. The molecule has 0 atom stereocenters. The number of hydrogen-bond donors (Lipinski definition) is 2. The molecule has 0 saturated carbocycles. The molecule has 0 amide bonds. The van der Waals surface area contributed by atoms with E-state index in [4.69, 9.17) is 5.73 Å². The summed E-state index contributed by atoms with van der Waals surface area (Å²) < 4.78 is 0. The lowest BCUT2D eigenvalue weighted by Crippen LogP contribution is -2.48. The fraction of sp³-hybridized carbons (Fsp3) is 0.500. The van der Waals surface area contributed by atoms with Crippen LogP contribution in [0.15, 0.2) is 18.2 Å². The van der Waals surface area contributed by atoms with E-state index in [-0.39, 0.29) is 5.54 Å². The van der Waals surface area contributed by atoms with Crippen LogP contribution in [0.3, 0.4) is 0 Å². The Hall–Kier alpha value is -1.38. The summed E-state index contributed by atoms with van der Waals surface area (Å²) in [5, 5.41) is 3.50. The standard InChI is InChI=1S/C12H19N3/c1-4-15-8-12(2,3)14-11-9(13)6-5-7-10(11)15/h5-7,14H,4,8,13H2,1-3H3. The summed E-state index contributed by atoms with van der Waals surface area (Å²) >= 11 is 0. The predicted molar refractivity (Wildman–Crippen MR) is 66.4 cm³/mol. The van der Waals surface area contributed by atoms with Crippen molar-refractivity contribution < 1.29 is 0 Å². The average molecular weight is 205 g/mol. The first-order valence-corrected chi connectivity index (χ1v) is 5.45. The van der Waals surface area contributed by atoms with E-state index in [2.05, 4.69) is 37.1 Å². The Bertz CT molecular complexity index is 371. The van der Waals surface area contributed by atoms with E-state index in [0.29, 0.717) is 0 Å². The fourth-order valence-corrected chi connectivity index (χ4v) is 2.18. The number of rotatable bonds is 1. The van der Waals surface area contributed by atoms with Crippen molar-refractivity contribution in [3.63, 3.8) is 0 Å². The van der Waals surface area contributed by atoms with Gasteiger partial charge in [-0.25, -0.2) is 0 Å². The number of nitrogens with one attached hydrogen (secondary N) is 1. The van der Waals surface area contributed by atoms with Crippen molar-refractivity contribution in [3.8, 4) is 0 Å². The highest BCUT2D eigenvalue weighted by Gasteiger charge is 2.29. The molecule has 1 aromatic rings. The van der Waals surface area contributed by atoms with Gasteiger partial charge in [-0.2, -0.15) is 0 Å². The van der Waals surface area contributed by atoms with Crippen molar-refractivity contribution in [1.82, 2.24) is 0 Å². The van der Waals surface area contributed by atoms with Crippen molar-refractivity contribution in [2.45, 2.75) is 26.3 Å². The van der Waals surface area contributed by atoms with Gasteiger partial charge in [-0.1, -0.05) is 6.07 Å². The molecule has 3 N–H and O–H groups in total. The Morgan fingerprint density at radius 1 is 1.47 bits per heavy atom. The maximum atomic E-state index is 5.99. The molecule has 15 heavy (non-hydrogen) atoms. The lowest BCUT2D eigenvalue weighted by molar-refractivity contribution is 0.537. The third kappa shape index (κ3) is 1.74. The first-order valence-electron chi connectivity index (χ1n) is 5.45. The van der Waals surface area contributed by atoms with Gasteiger partial charge in [-0.05, 0) is 32.9 Å². The molecule has 0 bridgehead atoms. The van der Waals surface area contributed by atoms with Crippen molar-refractivity contribution in [3.05, 3.63) is 18.2 Å². The van der Waals surface area contributed by atoms with Crippen LogP contribution in [-0.2, 0) is 0 Å². The molecule has 1 aliphatic rings. The van der Waals surface area contributed by atoms with E-state index in [0.717, 1.165) is 24.5 Å². The second-order valence-electron chi connectivity index (χ2n) is 4.76. The molecular weight excluding hydrogens is 186 g/mol. The van der Waals surface area contributed by atoms with E-state index in [1.807, 2.05) is 12.1 Å². The second-order valence-corrected chi connectivity index (χ2v) is 4.76. The highest BCUT2D eigenvalue weighted by atomic mass is 15.2. The Morgan fingerprint density at radius 2 is 2.20 bits per heavy atom. The summed E-state index contributed by atoms with van der Waals surface area (Å²) in [6.07, 6.45) is 0. The zero-order valence-corrected chi connectivity index (χ0v) is 9.67. The largest absolute Gasteiger partial charge is 0.397 e. The molecule has 2 rings (SSSR count). The topological polar surface area (TPSA) is 41.3 Å². The minimum absolute atomic E-state index is 0.0818. The molecule has 1 aliphatic heterocycles. The summed E-state index contributed by atoms with van der Waals surface area (Å²) in [4.78, 5) is 2.36. The number of nitrogens with zero attached hydrogens (tertiary/aromatic N) is 1. The summed E-state index contributed by atoms with van der Waals surface area (Å²) in [5.41, 5.74) is 9.20. The van der Waals surface area contributed by atoms with E-state index in [1.54, 1.807) is 0 Å². The van der Waals surface area contributed by atoms with Crippen LogP contribution in [0.2, 0.25) is 0 Å². The zero-order chi connectivity index (χ0) is 11.1. The van der Waals surface area contributed by atoms with Gasteiger partial charge in [-0.3, -0.25) is 0 Å². The van der Waals surface area contributed by atoms with Gasteiger partial charge < -0.3 is 16.0 Å². The van der Waals surface area contributed by atoms with Crippen LogP contribution in [-0.4, -0.2) is 18.6 Å². The molecule has 1 heterocycles. The minimum Gasteiger partial charge on any atom is -0.397 e. The second kappa shape index (κ2) is 3.33. The van der Waals surface area contributed by atoms with Gasteiger partial charge in [0, 0.05) is 18.6 Å². The van der Waals surface area contributed by atoms with Gasteiger partial charge in [-0.15, -0.1) is 0 Å². The van der Waals surface area contributed by atoms with Gasteiger partial charge in [0.25, 0.3) is 0 Å². The number of para-hydroxylation sites is 1. The van der Waals surface area contributed by atoms with E-state index in [9.17, 15) is 0 Å². The maximum Gasteiger partial charge on any atom is 0.0816 e. The van der Waals surface area contributed by atoms with Gasteiger partial charge in [0.15, 0.2) is 0 Å². The first kappa shape index (κ1) is 10.1. The van der Waals surface area contributed by atoms with E-state index in [1.165, 1.54) is 5.69 Å². The molecule has 0 fully saturated rings. The van der Waals surface area contributed by atoms with Gasteiger partial charge in [0.2, 0.25) is 0 Å². The SMILES string of the molecule is CCN1CC(C)(C)Nc2c(N)cccc21. The van der Waals surface area contributed by atoms with E-state index < -0.39 is 0 Å². The van der Waals surface area contributed by atoms with Gasteiger partial charge in [0.1, 0.15) is 0 Å². The number of hydrogen-bond acceptors (Lipinski definition) is 3. The molecule has 3 heteroatoms. The van der Waals surface area contributed by atoms with Crippen LogP contribution >= 0.6 is 0 Å². The number of benzene rings is 1. The van der Waals surface area contributed by atoms with Gasteiger partial charge in [0.05, 0.1) is 17.1 Å². The van der Waals surface area contributed by atoms with Crippen molar-refractivity contribution in [2.24, 2.45) is 0 Å². The van der Waals surface area contributed by atoms with Crippen molar-refractivity contribution in [2.75, 3.05) is 29.0 Å². The van der Waals surface area contributed by atoms with Crippen LogP contribution in [0.1, 0.15) is 20.8 Å². The molecule has 82 valence electrons. The summed E-state index contributed by atoms with van der Waals surface area (Å²) in [5.74, 6) is 0. The molecule has 0 spiro atoms. The summed E-state index contributed by atoms with van der Waals surface area (Å²) in [7, 11) is 0. The summed E-state index contributed by atoms with van der Waals surface area (Å²) in [6, 6.07) is 6.08. The number of likely N-dealkylation sites (N-methyl/N-ethyl adjacent to an activating group) is 1. The molecule has 0 unspecified atom stereocenters. The van der Waals surface area contributed by atoms with Crippen molar-refractivity contribution in [1.29, 1.82) is 0 Å². The van der Waals surface area contributed by atoms with Crippen LogP contribution in [0.25, 0.3) is 0 Å². The Balaban J connectivity index is 2.49. The number of fused-ring (bicyclic) bond motifs is 1. The van der Waals surface area contributed by atoms with Crippen LogP contribution in [0.4, 0.5) is 17.1 Å². The molecule has 0 saturated heterocycles. The lowest BCUT2D eigenvalue weighted by atomic mass is 9.99. The Morgan fingerprint density at radius 3 is 2.87 bits per heavy atom. The van der Waals surface area contributed by atoms with Crippen molar-refractivity contribution >= 4 is 17.1 Å². The van der Waals surface area contributed by atoms with E-state index >= 15 is 0 Å². The normalized spacial score (nSPS) is 18.2. The van der Waals surface area contributed by atoms with Crippen LogP contribution in [0, 0.1) is 0 Å². The smallest absolute Gasteiger partial charge is 0.0816 e. The highest BCUT2D eigenvalue weighted by molar-refractivity contribution is 5.84. The van der Waals surface area contributed by atoms with Crippen LogP contribution < -0.4 is 16.0 Å². The molecule has 0 aromatic heterocycles. The lowest BCUT2D eigenvalue weighted by Gasteiger charge is -2.42. The maximum absolute atomic E-state index is 5.99. The molecule has 1 aromatic carbocycles. The minimum atomic E-state index is 0.0818. The van der Waals surface area contributed by atoms with Crippen LogP contribution in [0.5, 0.6) is 0 Å². The third-order valence-corrected chi connectivity index (χ3v) is 2.85. The monoisotopic (exact) mass is 205 g/mol. The number of nitrogens with two attached hydrogens (primary N) is 1. The third-order valence-electron chi connectivity index (χ3n) is 2.85. The molecular formula is C12H19N3. The predicted octanol–water partition coefficient (Wildman–Crippen LogP) is 2.30. The fourth-order valence-electron chi connectivity index (χ4n) is 2.18. The number of nitrogen functional groups attached to an aromatic ring is 1. The Kier molecular flexibility index (Phi) is 2.25. The molecule has 0 radical (unpaired) electrons. The highest BCUT2D eigenvalue weighted by Crippen LogP contribution is 2.38.